The number of allylic oxidation sites excluding steroid dienone is 1. The summed E-state index contributed by atoms with van der Waals surface area (Å²) in [7, 11) is 0. The third-order valence-electron chi connectivity index (χ3n) is 6.41. The SMILES string of the molecule is C/C(=C\[C@@H](C)CC[C@@H]1CCC[C@]2(CC[C@H](C)[C@@H](CCCN=[N+]=[N-])O2)O1)C(C)O. The molecule has 2 fully saturated rings. The lowest BCUT2D eigenvalue weighted by Gasteiger charge is -2.48. The number of hydrogen-bond donors (Lipinski definition) is 1. The monoisotopic (exact) mass is 393 g/mol. The molecule has 0 aliphatic carbocycles. The zero-order valence-corrected chi connectivity index (χ0v) is 18.1. The summed E-state index contributed by atoms with van der Waals surface area (Å²) in [6.07, 6.45) is 11.5. The second kappa shape index (κ2) is 11.2. The number of nitrogens with zero attached hydrogens (tertiary/aromatic N) is 3. The maximum atomic E-state index is 9.66. The number of ether oxygens (including phenoxy) is 2. The first-order chi connectivity index (χ1) is 13.3. The van der Waals surface area contributed by atoms with Crippen molar-refractivity contribution >= 4 is 0 Å². The molecule has 0 aromatic carbocycles. The molecule has 2 aliphatic heterocycles. The molecular weight excluding hydrogens is 354 g/mol. The highest BCUT2D eigenvalue weighted by Gasteiger charge is 2.44. The van der Waals surface area contributed by atoms with Crippen LogP contribution >= 0.6 is 0 Å². The van der Waals surface area contributed by atoms with E-state index in [9.17, 15) is 5.11 Å². The minimum Gasteiger partial charge on any atom is -0.389 e. The molecule has 160 valence electrons. The molecule has 1 unspecified atom stereocenters. The van der Waals surface area contributed by atoms with Gasteiger partial charge in [0.25, 0.3) is 0 Å². The fraction of sp³-hybridized carbons (Fsp3) is 0.909. The Balaban J connectivity index is 1.86. The summed E-state index contributed by atoms with van der Waals surface area (Å²) in [5.74, 6) is 0.554. The predicted octanol–water partition coefficient (Wildman–Crippen LogP) is 5.90. The summed E-state index contributed by atoms with van der Waals surface area (Å²) in [6, 6.07) is 0. The van der Waals surface area contributed by atoms with Crippen molar-refractivity contribution in [3.63, 3.8) is 0 Å². The summed E-state index contributed by atoms with van der Waals surface area (Å²) < 4.78 is 13.1. The lowest BCUT2D eigenvalue weighted by molar-refractivity contribution is -0.324. The van der Waals surface area contributed by atoms with Gasteiger partial charge in [0, 0.05) is 24.3 Å². The van der Waals surface area contributed by atoms with E-state index in [-0.39, 0.29) is 18.3 Å². The van der Waals surface area contributed by atoms with Crippen molar-refractivity contribution in [3.05, 3.63) is 22.1 Å². The van der Waals surface area contributed by atoms with Gasteiger partial charge in [-0.3, -0.25) is 0 Å². The Morgan fingerprint density at radius 3 is 2.79 bits per heavy atom. The lowest BCUT2D eigenvalue weighted by Crippen LogP contribution is -2.50. The topological polar surface area (TPSA) is 87.5 Å². The van der Waals surface area contributed by atoms with E-state index < -0.39 is 5.79 Å². The van der Waals surface area contributed by atoms with Crippen LogP contribution in [-0.2, 0) is 9.47 Å². The van der Waals surface area contributed by atoms with Gasteiger partial charge >= 0.3 is 0 Å². The van der Waals surface area contributed by atoms with Crippen LogP contribution in [0.2, 0.25) is 0 Å². The van der Waals surface area contributed by atoms with Gasteiger partial charge in [-0.25, -0.2) is 0 Å². The number of aliphatic hydroxyl groups excluding tert-OH is 1. The van der Waals surface area contributed by atoms with E-state index in [1.807, 2.05) is 13.8 Å². The van der Waals surface area contributed by atoms with Gasteiger partial charge in [-0.2, -0.15) is 0 Å². The molecule has 0 saturated carbocycles. The zero-order valence-electron chi connectivity index (χ0n) is 18.1. The van der Waals surface area contributed by atoms with Crippen LogP contribution in [0.4, 0.5) is 0 Å². The molecule has 0 amide bonds. The Kier molecular flexibility index (Phi) is 9.29. The zero-order chi connectivity index (χ0) is 20.6. The molecule has 2 saturated heterocycles. The van der Waals surface area contributed by atoms with Gasteiger partial charge in [0.2, 0.25) is 0 Å². The van der Waals surface area contributed by atoms with Gasteiger partial charge in [0.15, 0.2) is 5.79 Å². The average molecular weight is 394 g/mol. The van der Waals surface area contributed by atoms with Crippen LogP contribution in [0.3, 0.4) is 0 Å². The molecule has 0 radical (unpaired) electrons. The highest BCUT2D eigenvalue weighted by atomic mass is 16.7. The minimum atomic E-state index is -0.410. The van der Waals surface area contributed by atoms with Crippen LogP contribution in [0, 0.1) is 11.8 Å². The van der Waals surface area contributed by atoms with Crippen LogP contribution in [-0.4, -0.2) is 35.8 Å². The van der Waals surface area contributed by atoms with Crippen molar-refractivity contribution in [2.75, 3.05) is 6.54 Å². The maximum Gasteiger partial charge on any atom is 0.169 e. The largest absolute Gasteiger partial charge is 0.389 e. The first-order valence-corrected chi connectivity index (χ1v) is 11.1. The van der Waals surface area contributed by atoms with Gasteiger partial charge in [0.1, 0.15) is 0 Å². The highest BCUT2D eigenvalue weighted by Crippen LogP contribution is 2.43. The second-order valence-corrected chi connectivity index (χ2v) is 8.95. The molecule has 2 heterocycles. The minimum absolute atomic E-state index is 0.192. The van der Waals surface area contributed by atoms with Crippen molar-refractivity contribution < 1.29 is 14.6 Å². The summed E-state index contributed by atoms with van der Waals surface area (Å²) >= 11 is 0. The molecule has 2 aliphatic rings. The van der Waals surface area contributed by atoms with Crippen molar-refractivity contribution in [2.45, 2.75) is 110 Å². The van der Waals surface area contributed by atoms with E-state index in [1.165, 1.54) is 0 Å². The van der Waals surface area contributed by atoms with Gasteiger partial charge < -0.3 is 14.6 Å². The van der Waals surface area contributed by atoms with Crippen LogP contribution in [0.15, 0.2) is 16.8 Å². The van der Waals surface area contributed by atoms with Gasteiger partial charge in [-0.1, -0.05) is 25.0 Å². The van der Waals surface area contributed by atoms with E-state index in [2.05, 4.69) is 29.9 Å². The van der Waals surface area contributed by atoms with E-state index in [1.54, 1.807) is 0 Å². The van der Waals surface area contributed by atoms with Gasteiger partial charge in [0.05, 0.1) is 18.3 Å². The van der Waals surface area contributed by atoms with E-state index in [4.69, 9.17) is 15.0 Å². The first-order valence-electron chi connectivity index (χ1n) is 11.1. The normalized spacial score (nSPS) is 33.3. The van der Waals surface area contributed by atoms with E-state index >= 15 is 0 Å². The standard InChI is InChI=1S/C22H39N3O3/c1-16(15-18(3)19(4)26)9-10-20-7-5-12-22(27-20)13-11-17(2)21(28-22)8-6-14-24-25-23/h15-17,19-21,26H,5-14H2,1-4H3/b18-15+/t16-,17-,19?,20-,21+,22-/m0/s1. The Morgan fingerprint density at radius 2 is 2.07 bits per heavy atom. The Morgan fingerprint density at radius 1 is 1.29 bits per heavy atom. The van der Waals surface area contributed by atoms with Crippen molar-refractivity contribution in [1.29, 1.82) is 0 Å². The summed E-state index contributed by atoms with van der Waals surface area (Å²) in [5, 5.41) is 13.3. The van der Waals surface area contributed by atoms with Gasteiger partial charge in [-0.15, -0.1) is 0 Å². The molecule has 0 bridgehead atoms. The van der Waals surface area contributed by atoms with Crippen molar-refractivity contribution in [2.24, 2.45) is 17.0 Å². The molecule has 0 aromatic heterocycles. The van der Waals surface area contributed by atoms with Crippen LogP contribution in [0.25, 0.3) is 10.4 Å². The molecule has 0 aromatic rings. The Hall–Kier alpha value is -1.07. The number of aliphatic hydroxyl groups is 1. The Bertz CT molecular complexity index is 559. The predicted molar refractivity (Wildman–Crippen MR) is 112 cm³/mol. The number of hydrogen-bond acceptors (Lipinski definition) is 4. The quantitative estimate of drug-likeness (QED) is 0.174. The number of rotatable bonds is 9. The summed E-state index contributed by atoms with van der Waals surface area (Å²) in [5.41, 5.74) is 9.48. The van der Waals surface area contributed by atoms with E-state index in [0.717, 1.165) is 63.4 Å². The third kappa shape index (κ3) is 7.07. The van der Waals surface area contributed by atoms with Crippen LogP contribution in [0.5, 0.6) is 0 Å². The Labute approximate surface area is 170 Å². The van der Waals surface area contributed by atoms with E-state index in [0.29, 0.717) is 18.4 Å². The van der Waals surface area contributed by atoms with Crippen LogP contribution < -0.4 is 0 Å². The van der Waals surface area contributed by atoms with Crippen molar-refractivity contribution in [1.82, 2.24) is 0 Å². The molecule has 6 atom stereocenters. The maximum absolute atomic E-state index is 9.66. The van der Waals surface area contributed by atoms with Gasteiger partial charge in [-0.05, 0) is 81.7 Å². The van der Waals surface area contributed by atoms with Crippen molar-refractivity contribution in [3.8, 4) is 0 Å². The molecule has 1 N–H and O–H groups in total. The third-order valence-corrected chi connectivity index (χ3v) is 6.41. The average Bonchev–Trinajstić information content (AvgIpc) is 2.66. The molecule has 1 spiro atoms. The first kappa shape index (κ1) is 23.2. The number of azide groups is 1. The summed E-state index contributed by atoms with van der Waals surface area (Å²) in [4.78, 5) is 2.83. The highest BCUT2D eigenvalue weighted by molar-refractivity contribution is 5.04. The smallest absolute Gasteiger partial charge is 0.169 e. The molecular formula is C22H39N3O3. The molecule has 6 heteroatoms. The molecule has 6 nitrogen and oxygen atoms in total. The fourth-order valence-corrected chi connectivity index (χ4v) is 4.45. The second-order valence-electron chi connectivity index (χ2n) is 8.95. The molecule has 2 rings (SSSR count). The fourth-order valence-electron chi connectivity index (χ4n) is 4.45. The lowest BCUT2D eigenvalue weighted by atomic mass is 9.85. The summed E-state index contributed by atoms with van der Waals surface area (Å²) in [6.45, 7) is 8.81. The molecule has 28 heavy (non-hydrogen) atoms. The van der Waals surface area contributed by atoms with Crippen LogP contribution in [0.1, 0.15) is 85.5 Å².